The number of halogens is 1. The van der Waals surface area contributed by atoms with Gasteiger partial charge in [0.2, 0.25) is 0 Å². The maximum atomic E-state index is 13.1. The van der Waals surface area contributed by atoms with Gasteiger partial charge in [-0.15, -0.1) is 0 Å². The first kappa shape index (κ1) is 15.0. The van der Waals surface area contributed by atoms with Gasteiger partial charge in [-0.05, 0) is 23.6 Å². The maximum absolute atomic E-state index is 13.1. The van der Waals surface area contributed by atoms with E-state index in [1.807, 2.05) is 13.8 Å². The van der Waals surface area contributed by atoms with Crippen LogP contribution >= 0.6 is 0 Å². The molecular weight excluding hydrogens is 273 g/mol. The van der Waals surface area contributed by atoms with Crippen molar-refractivity contribution in [1.82, 2.24) is 16.0 Å². The molecule has 1 aliphatic heterocycles. The zero-order valence-electron chi connectivity index (χ0n) is 12.2. The molecule has 3 N–H and O–H groups in total. The van der Waals surface area contributed by atoms with Gasteiger partial charge in [0.25, 0.3) is 5.91 Å². The lowest BCUT2D eigenvalue weighted by Gasteiger charge is -2.31. The van der Waals surface area contributed by atoms with E-state index in [0.717, 1.165) is 0 Å². The van der Waals surface area contributed by atoms with E-state index in [-0.39, 0.29) is 23.7 Å². The highest BCUT2D eigenvalue weighted by molar-refractivity contribution is 5.98. The van der Waals surface area contributed by atoms with Crippen molar-refractivity contribution in [3.8, 4) is 0 Å². The summed E-state index contributed by atoms with van der Waals surface area (Å²) in [6.45, 7) is 3.79. The van der Waals surface area contributed by atoms with Gasteiger partial charge in [0.05, 0.1) is 11.6 Å². The van der Waals surface area contributed by atoms with Crippen LogP contribution in [0.2, 0.25) is 0 Å². The number of allylic oxidation sites excluding steroid dienone is 1. The molecule has 1 aliphatic rings. The number of amides is 3. The molecule has 0 fully saturated rings. The Morgan fingerprint density at radius 2 is 1.90 bits per heavy atom. The summed E-state index contributed by atoms with van der Waals surface area (Å²) in [5, 5.41) is 7.98. The second-order valence-electron chi connectivity index (χ2n) is 5.14. The molecular formula is C15H18FN3O2. The predicted molar refractivity (Wildman–Crippen MR) is 76.7 cm³/mol. The Kier molecular flexibility index (Phi) is 4.26. The van der Waals surface area contributed by atoms with Crippen molar-refractivity contribution in [2.45, 2.75) is 19.9 Å². The van der Waals surface area contributed by atoms with Crippen molar-refractivity contribution in [1.29, 1.82) is 0 Å². The summed E-state index contributed by atoms with van der Waals surface area (Å²) in [6, 6.07) is 4.76. The van der Waals surface area contributed by atoms with E-state index in [1.54, 1.807) is 12.1 Å². The van der Waals surface area contributed by atoms with Gasteiger partial charge in [-0.3, -0.25) is 4.79 Å². The van der Waals surface area contributed by atoms with Crippen LogP contribution in [-0.2, 0) is 4.79 Å². The largest absolute Gasteiger partial charge is 0.355 e. The molecule has 112 valence electrons. The second-order valence-corrected chi connectivity index (χ2v) is 5.14. The normalized spacial score (nSPS) is 18.3. The van der Waals surface area contributed by atoms with Crippen LogP contribution in [0.4, 0.5) is 9.18 Å². The Labute approximate surface area is 122 Å². The van der Waals surface area contributed by atoms with Gasteiger partial charge >= 0.3 is 6.03 Å². The predicted octanol–water partition coefficient (Wildman–Crippen LogP) is 1.84. The van der Waals surface area contributed by atoms with Crippen LogP contribution < -0.4 is 16.0 Å². The van der Waals surface area contributed by atoms with E-state index in [1.165, 1.54) is 19.2 Å². The fraction of sp³-hybridized carbons (Fsp3) is 0.333. The van der Waals surface area contributed by atoms with Crippen LogP contribution in [0, 0.1) is 11.7 Å². The summed E-state index contributed by atoms with van der Waals surface area (Å²) in [6.07, 6.45) is 0. The summed E-state index contributed by atoms with van der Waals surface area (Å²) in [4.78, 5) is 24.0. The van der Waals surface area contributed by atoms with Gasteiger partial charge in [0.1, 0.15) is 5.82 Å². The van der Waals surface area contributed by atoms with Crippen LogP contribution in [-0.4, -0.2) is 19.0 Å². The van der Waals surface area contributed by atoms with Gasteiger partial charge in [0, 0.05) is 12.7 Å². The number of hydrogen-bond acceptors (Lipinski definition) is 2. The average Bonchev–Trinajstić information content (AvgIpc) is 2.46. The van der Waals surface area contributed by atoms with Crippen molar-refractivity contribution in [3.63, 3.8) is 0 Å². The molecule has 2 rings (SSSR count). The SMILES string of the molecule is CNC(=O)C1=C(C(C)C)NC(=O)NC1c1ccc(F)cc1. The third kappa shape index (κ3) is 3.04. The number of likely N-dealkylation sites (N-methyl/N-ethyl adjacent to an activating group) is 1. The van der Waals surface area contributed by atoms with Gasteiger partial charge in [-0.2, -0.15) is 0 Å². The monoisotopic (exact) mass is 291 g/mol. The second kappa shape index (κ2) is 5.95. The smallest absolute Gasteiger partial charge is 0.319 e. The number of urea groups is 1. The molecule has 1 aromatic rings. The lowest BCUT2D eigenvalue weighted by Crippen LogP contribution is -2.48. The van der Waals surface area contributed by atoms with Gasteiger partial charge < -0.3 is 16.0 Å². The molecule has 5 nitrogen and oxygen atoms in total. The third-order valence-electron chi connectivity index (χ3n) is 3.35. The van der Waals surface area contributed by atoms with E-state index in [0.29, 0.717) is 16.8 Å². The maximum Gasteiger partial charge on any atom is 0.319 e. The summed E-state index contributed by atoms with van der Waals surface area (Å²) in [5.74, 6) is -0.666. The van der Waals surface area contributed by atoms with E-state index in [4.69, 9.17) is 0 Å². The molecule has 1 atom stereocenters. The van der Waals surface area contributed by atoms with Crippen LogP contribution in [0.15, 0.2) is 35.5 Å². The summed E-state index contributed by atoms with van der Waals surface area (Å²) < 4.78 is 13.1. The number of nitrogens with one attached hydrogen (secondary N) is 3. The third-order valence-corrected chi connectivity index (χ3v) is 3.35. The summed E-state index contributed by atoms with van der Waals surface area (Å²) in [5.41, 5.74) is 1.68. The molecule has 0 aliphatic carbocycles. The topological polar surface area (TPSA) is 70.2 Å². The van der Waals surface area contributed by atoms with Crippen LogP contribution in [0.25, 0.3) is 0 Å². The Bertz CT molecular complexity index is 593. The highest BCUT2D eigenvalue weighted by Gasteiger charge is 2.33. The minimum Gasteiger partial charge on any atom is -0.355 e. The first-order chi connectivity index (χ1) is 9.93. The number of hydrogen-bond donors (Lipinski definition) is 3. The molecule has 21 heavy (non-hydrogen) atoms. The first-order valence-electron chi connectivity index (χ1n) is 6.73. The minimum absolute atomic E-state index is 0.0219. The van der Waals surface area contributed by atoms with Crippen molar-refractivity contribution < 1.29 is 14.0 Å². The Morgan fingerprint density at radius 1 is 1.29 bits per heavy atom. The number of benzene rings is 1. The average molecular weight is 291 g/mol. The fourth-order valence-corrected chi connectivity index (χ4v) is 2.33. The molecule has 0 saturated heterocycles. The standard InChI is InChI=1S/C15H18FN3O2/c1-8(2)12-11(14(20)17-3)13(19-15(21)18-12)9-4-6-10(16)7-5-9/h4-8,13H,1-3H3,(H,17,20)(H2,18,19,21). The molecule has 6 heteroatoms. The Balaban J connectivity index is 2.54. The molecule has 0 spiro atoms. The van der Waals surface area contributed by atoms with Crippen molar-refractivity contribution in [3.05, 3.63) is 46.9 Å². The molecule has 1 heterocycles. The quantitative estimate of drug-likeness (QED) is 0.795. The molecule has 0 radical (unpaired) electrons. The fourth-order valence-electron chi connectivity index (χ4n) is 2.33. The van der Waals surface area contributed by atoms with Crippen molar-refractivity contribution >= 4 is 11.9 Å². The zero-order chi connectivity index (χ0) is 15.6. The highest BCUT2D eigenvalue weighted by Crippen LogP contribution is 2.29. The molecule has 0 aromatic heterocycles. The lowest BCUT2D eigenvalue weighted by atomic mass is 9.91. The minimum atomic E-state index is -0.600. The van der Waals surface area contributed by atoms with Crippen LogP contribution in [0.5, 0.6) is 0 Å². The molecule has 1 aromatic carbocycles. The molecule has 0 saturated carbocycles. The zero-order valence-corrected chi connectivity index (χ0v) is 12.2. The summed E-state index contributed by atoms with van der Waals surface area (Å²) >= 11 is 0. The number of carbonyl (C=O) groups excluding carboxylic acids is 2. The molecule has 3 amide bonds. The van der Waals surface area contributed by atoms with Gasteiger partial charge in [-0.25, -0.2) is 9.18 Å². The van der Waals surface area contributed by atoms with Crippen molar-refractivity contribution in [2.75, 3.05) is 7.05 Å². The number of rotatable bonds is 3. The van der Waals surface area contributed by atoms with E-state index < -0.39 is 6.04 Å². The highest BCUT2D eigenvalue weighted by atomic mass is 19.1. The van der Waals surface area contributed by atoms with E-state index in [2.05, 4.69) is 16.0 Å². The molecule has 0 bridgehead atoms. The Hall–Kier alpha value is -2.37. The van der Waals surface area contributed by atoms with Gasteiger partial charge in [-0.1, -0.05) is 26.0 Å². The Morgan fingerprint density at radius 3 is 2.43 bits per heavy atom. The molecule has 1 unspecified atom stereocenters. The van der Waals surface area contributed by atoms with Gasteiger partial charge in [0.15, 0.2) is 0 Å². The van der Waals surface area contributed by atoms with Crippen molar-refractivity contribution in [2.24, 2.45) is 5.92 Å². The summed E-state index contributed by atoms with van der Waals surface area (Å²) in [7, 11) is 1.53. The van der Waals surface area contributed by atoms with E-state index >= 15 is 0 Å². The van der Waals surface area contributed by atoms with Crippen LogP contribution in [0.1, 0.15) is 25.5 Å². The lowest BCUT2D eigenvalue weighted by molar-refractivity contribution is -0.117. The van der Waals surface area contributed by atoms with E-state index in [9.17, 15) is 14.0 Å². The van der Waals surface area contributed by atoms with Crippen LogP contribution in [0.3, 0.4) is 0 Å². The number of carbonyl (C=O) groups is 2. The first-order valence-corrected chi connectivity index (χ1v) is 6.73.